The van der Waals surface area contributed by atoms with Crippen molar-refractivity contribution in [2.45, 2.75) is 44.5 Å². The van der Waals surface area contributed by atoms with Crippen molar-refractivity contribution in [3.05, 3.63) is 29.3 Å². The molecule has 2 aliphatic rings. The third-order valence-corrected chi connectivity index (χ3v) is 4.91. The van der Waals surface area contributed by atoms with E-state index >= 15 is 0 Å². The Morgan fingerprint density at radius 1 is 1.30 bits per heavy atom. The quantitative estimate of drug-likeness (QED) is 0.754. The number of imidazole rings is 1. The highest BCUT2D eigenvalue weighted by Gasteiger charge is 2.43. The van der Waals surface area contributed by atoms with Gasteiger partial charge in [0.1, 0.15) is 11.6 Å². The Bertz CT molecular complexity index is 659. The molecule has 0 saturated heterocycles. The molecule has 0 aliphatic heterocycles. The average molecular weight is 293 g/mol. The summed E-state index contributed by atoms with van der Waals surface area (Å²) in [5.41, 5.74) is 2.49. The molecule has 1 heterocycles. The van der Waals surface area contributed by atoms with Gasteiger partial charge in [0, 0.05) is 12.1 Å². The zero-order chi connectivity index (χ0) is 13.9. The van der Waals surface area contributed by atoms with Gasteiger partial charge in [-0.3, -0.25) is 0 Å². The van der Waals surface area contributed by atoms with E-state index in [1.807, 2.05) is 13.0 Å². The fourth-order valence-electron chi connectivity index (χ4n) is 3.38. The highest BCUT2D eigenvalue weighted by atomic mass is 35.5. The summed E-state index contributed by atoms with van der Waals surface area (Å²) in [6.07, 6.45) is 5.23. The lowest BCUT2D eigenvalue weighted by Crippen LogP contribution is -2.16. The number of alkyl halides is 1. The first-order valence-corrected chi connectivity index (χ1v) is 7.95. The first-order valence-electron chi connectivity index (χ1n) is 7.42. The molecule has 0 N–H and O–H groups in total. The maximum Gasteiger partial charge on any atom is 0.128 e. The molecule has 20 heavy (non-hydrogen) atoms. The van der Waals surface area contributed by atoms with E-state index in [0.717, 1.165) is 28.7 Å². The predicted molar refractivity (Wildman–Crippen MR) is 78.5 cm³/mol. The van der Waals surface area contributed by atoms with Crippen LogP contribution in [-0.4, -0.2) is 9.55 Å². The number of hydrogen-bond donors (Lipinski definition) is 0. The van der Waals surface area contributed by atoms with E-state index in [9.17, 15) is 4.39 Å². The van der Waals surface area contributed by atoms with E-state index in [1.165, 1.54) is 25.7 Å². The normalized spacial score (nSPS) is 19.2. The summed E-state index contributed by atoms with van der Waals surface area (Å²) >= 11 is 6.10. The average Bonchev–Trinajstić information content (AvgIpc) is 3.31. The molecular weight excluding hydrogens is 275 g/mol. The van der Waals surface area contributed by atoms with Crippen LogP contribution in [-0.2, 0) is 5.88 Å². The summed E-state index contributed by atoms with van der Waals surface area (Å²) in [6.45, 7) is 1.82. The van der Waals surface area contributed by atoms with Crippen molar-refractivity contribution < 1.29 is 4.39 Å². The molecule has 4 rings (SSSR count). The summed E-state index contributed by atoms with van der Waals surface area (Å²) in [4.78, 5) is 4.57. The van der Waals surface area contributed by atoms with Crippen LogP contribution < -0.4 is 0 Å². The smallest absolute Gasteiger partial charge is 0.128 e. The second-order valence-corrected chi connectivity index (χ2v) is 6.55. The molecule has 1 aromatic heterocycles. The number of benzene rings is 1. The second kappa shape index (κ2) is 4.45. The van der Waals surface area contributed by atoms with Crippen LogP contribution >= 0.6 is 11.6 Å². The molecule has 0 amide bonds. The van der Waals surface area contributed by atoms with Gasteiger partial charge in [-0.15, -0.1) is 11.6 Å². The molecule has 2 aromatic rings. The fraction of sp³-hybridized carbons (Fsp3) is 0.562. The summed E-state index contributed by atoms with van der Waals surface area (Å²) in [7, 11) is 0. The highest BCUT2D eigenvalue weighted by molar-refractivity contribution is 6.16. The minimum Gasteiger partial charge on any atom is -0.323 e. The largest absolute Gasteiger partial charge is 0.323 e. The Kier molecular flexibility index (Phi) is 2.81. The maximum absolute atomic E-state index is 13.8. The molecule has 0 radical (unpaired) electrons. The molecule has 2 aliphatic carbocycles. The number of halogens is 2. The number of fused-ring (bicyclic) bond motifs is 1. The lowest BCUT2D eigenvalue weighted by molar-refractivity contribution is 0.396. The standard InChI is InChI=1S/C16H18ClFN2/c1-9-6-14-13(7-12(9)18)19-15(8-17)20(14)16(10-2-3-10)11-4-5-11/h6-7,10-11,16H,2-5,8H2,1H3. The van der Waals surface area contributed by atoms with Crippen LogP contribution in [0.3, 0.4) is 0 Å². The lowest BCUT2D eigenvalue weighted by Gasteiger charge is -2.21. The number of aromatic nitrogens is 2. The Hall–Kier alpha value is -1.09. The van der Waals surface area contributed by atoms with Crippen molar-refractivity contribution in [1.29, 1.82) is 0 Å². The predicted octanol–water partition coefficient (Wildman–Crippen LogP) is 4.58. The Balaban J connectivity index is 1.93. The van der Waals surface area contributed by atoms with Gasteiger partial charge in [0.2, 0.25) is 0 Å². The third-order valence-electron chi connectivity index (χ3n) is 4.67. The number of rotatable bonds is 4. The molecule has 2 fully saturated rings. The van der Waals surface area contributed by atoms with Crippen LogP contribution in [0.5, 0.6) is 0 Å². The van der Waals surface area contributed by atoms with E-state index in [4.69, 9.17) is 11.6 Å². The molecule has 0 spiro atoms. The summed E-state index contributed by atoms with van der Waals surface area (Å²) in [5, 5.41) is 0. The van der Waals surface area contributed by atoms with Crippen molar-refractivity contribution in [2.75, 3.05) is 0 Å². The van der Waals surface area contributed by atoms with Gasteiger partial charge < -0.3 is 4.57 Å². The minimum absolute atomic E-state index is 0.183. The van der Waals surface area contributed by atoms with Crippen LogP contribution in [0.4, 0.5) is 4.39 Å². The number of aryl methyl sites for hydroxylation is 1. The topological polar surface area (TPSA) is 17.8 Å². The molecule has 0 unspecified atom stereocenters. The zero-order valence-electron chi connectivity index (χ0n) is 11.6. The van der Waals surface area contributed by atoms with E-state index in [-0.39, 0.29) is 5.82 Å². The summed E-state index contributed by atoms with van der Waals surface area (Å²) in [6, 6.07) is 4.01. The number of hydrogen-bond acceptors (Lipinski definition) is 1. The summed E-state index contributed by atoms with van der Waals surface area (Å²) < 4.78 is 16.1. The van der Waals surface area contributed by atoms with Crippen molar-refractivity contribution in [3.63, 3.8) is 0 Å². The van der Waals surface area contributed by atoms with Gasteiger partial charge in [-0.05, 0) is 56.1 Å². The van der Waals surface area contributed by atoms with E-state index in [0.29, 0.717) is 17.5 Å². The van der Waals surface area contributed by atoms with Gasteiger partial charge >= 0.3 is 0 Å². The van der Waals surface area contributed by atoms with Crippen LogP contribution in [0.15, 0.2) is 12.1 Å². The zero-order valence-corrected chi connectivity index (χ0v) is 12.3. The van der Waals surface area contributed by atoms with Crippen LogP contribution in [0.25, 0.3) is 11.0 Å². The van der Waals surface area contributed by atoms with Crippen LogP contribution in [0.2, 0.25) is 0 Å². The van der Waals surface area contributed by atoms with Gasteiger partial charge in [0.15, 0.2) is 0 Å². The van der Waals surface area contributed by atoms with Gasteiger partial charge in [-0.25, -0.2) is 9.37 Å². The van der Waals surface area contributed by atoms with Gasteiger partial charge in [-0.2, -0.15) is 0 Å². The minimum atomic E-state index is -0.183. The molecule has 0 atom stereocenters. The Morgan fingerprint density at radius 3 is 2.50 bits per heavy atom. The first kappa shape index (κ1) is 12.6. The maximum atomic E-state index is 13.8. The van der Waals surface area contributed by atoms with E-state index < -0.39 is 0 Å². The summed E-state index contributed by atoms with van der Waals surface area (Å²) in [5.74, 6) is 2.65. The first-order chi connectivity index (χ1) is 9.69. The lowest BCUT2D eigenvalue weighted by atomic mass is 10.1. The molecule has 2 nitrogen and oxygen atoms in total. The highest BCUT2D eigenvalue weighted by Crippen LogP contribution is 2.53. The molecule has 2 saturated carbocycles. The van der Waals surface area contributed by atoms with Crippen molar-refractivity contribution in [1.82, 2.24) is 9.55 Å². The van der Waals surface area contributed by atoms with Gasteiger partial charge in [0.05, 0.1) is 16.9 Å². The molecular formula is C16H18ClFN2. The van der Waals surface area contributed by atoms with Crippen LogP contribution in [0.1, 0.15) is 43.1 Å². The van der Waals surface area contributed by atoms with E-state index in [1.54, 1.807) is 6.07 Å². The Morgan fingerprint density at radius 2 is 1.95 bits per heavy atom. The van der Waals surface area contributed by atoms with Crippen molar-refractivity contribution in [2.24, 2.45) is 11.8 Å². The van der Waals surface area contributed by atoms with Crippen LogP contribution in [0, 0.1) is 24.6 Å². The third kappa shape index (κ3) is 1.95. The second-order valence-electron chi connectivity index (χ2n) is 6.29. The molecule has 106 valence electrons. The molecule has 0 bridgehead atoms. The van der Waals surface area contributed by atoms with Gasteiger partial charge in [-0.1, -0.05) is 0 Å². The monoisotopic (exact) mass is 292 g/mol. The fourth-order valence-corrected chi connectivity index (χ4v) is 3.57. The van der Waals surface area contributed by atoms with Gasteiger partial charge in [0.25, 0.3) is 0 Å². The molecule has 4 heteroatoms. The van der Waals surface area contributed by atoms with Crippen molar-refractivity contribution >= 4 is 22.6 Å². The van der Waals surface area contributed by atoms with E-state index in [2.05, 4.69) is 9.55 Å². The van der Waals surface area contributed by atoms with Crippen molar-refractivity contribution in [3.8, 4) is 0 Å². The SMILES string of the molecule is Cc1cc2c(cc1F)nc(CCl)n2C(C1CC1)C1CC1. The molecule has 1 aromatic carbocycles. The Labute approximate surface area is 122 Å². The number of nitrogens with zero attached hydrogens (tertiary/aromatic N) is 2.